The first-order chi connectivity index (χ1) is 13.1. The van der Waals surface area contributed by atoms with Gasteiger partial charge in [-0.15, -0.1) is 0 Å². The van der Waals surface area contributed by atoms with Crippen molar-refractivity contribution in [2.75, 3.05) is 17.7 Å². The first kappa shape index (κ1) is 18.0. The van der Waals surface area contributed by atoms with E-state index in [1.54, 1.807) is 67.8 Å². The summed E-state index contributed by atoms with van der Waals surface area (Å²) < 4.78 is 5.08. The summed E-state index contributed by atoms with van der Waals surface area (Å²) in [6, 6.07) is 19.8. The fourth-order valence-corrected chi connectivity index (χ4v) is 2.45. The Morgan fingerprint density at radius 1 is 0.778 bits per heavy atom. The number of ether oxygens (including phenoxy) is 1. The highest BCUT2D eigenvalue weighted by atomic mass is 16.5. The van der Waals surface area contributed by atoms with E-state index in [2.05, 4.69) is 10.6 Å². The molecule has 136 valence electrons. The molecule has 0 saturated carbocycles. The Kier molecular flexibility index (Phi) is 5.37. The molecule has 3 N–H and O–H groups in total. The average Bonchev–Trinajstić information content (AvgIpc) is 2.69. The van der Waals surface area contributed by atoms with E-state index in [0.717, 1.165) is 0 Å². The highest BCUT2D eigenvalue weighted by Crippen LogP contribution is 2.19. The summed E-state index contributed by atoms with van der Waals surface area (Å²) in [6.07, 6.45) is 0. The number of phenols is 1. The minimum Gasteiger partial charge on any atom is -0.507 e. The monoisotopic (exact) mass is 362 g/mol. The maximum atomic E-state index is 12.3. The molecule has 0 radical (unpaired) electrons. The number of methoxy groups -OCH3 is 1. The normalized spacial score (nSPS) is 10.1. The van der Waals surface area contributed by atoms with Crippen molar-refractivity contribution in [3.05, 3.63) is 83.9 Å². The third-order valence-corrected chi connectivity index (χ3v) is 3.90. The number of amides is 2. The topological polar surface area (TPSA) is 87.7 Å². The van der Waals surface area contributed by atoms with Gasteiger partial charge >= 0.3 is 0 Å². The lowest BCUT2D eigenvalue weighted by Gasteiger charge is -2.09. The number of para-hydroxylation sites is 1. The van der Waals surface area contributed by atoms with E-state index in [4.69, 9.17) is 4.74 Å². The second-order valence-corrected chi connectivity index (χ2v) is 5.73. The third-order valence-electron chi connectivity index (χ3n) is 3.90. The van der Waals surface area contributed by atoms with E-state index < -0.39 is 5.91 Å². The molecule has 3 aromatic rings. The number of aromatic hydroxyl groups is 1. The van der Waals surface area contributed by atoms with Crippen molar-refractivity contribution in [2.24, 2.45) is 0 Å². The zero-order chi connectivity index (χ0) is 19.2. The van der Waals surface area contributed by atoms with Crippen LogP contribution in [0, 0.1) is 0 Å². The Morgan fingerprint density at radius 3 is 1.93 bits per heavy atom. The Morgan fingerprint density at radius 2 is 1.33 bits per heavy atom. The van der Waals surface area contributed by atoms with Gasteiger partial charge in [-0.3, -0.25) is 9.59 Å². The molecule has 0 saturated heterocycles. The van der Waals surface area contributed by atoms with Crippen molar-refractivity contribution < 1.29 is 19.4 Å². The molecule has 2 amide bonds. The van der Waals surface area contributed by atoms with Crippen molar-refractivity contribution in [3.63, 3.8) is 0 Å². The fraction of sp³-hybridized carbons (Fsp3) is 0.0476. The number of hydrogen-bond acceptors (Lipinski definition) is 4. The van der Waals surface area contributed by atoms with Crippen molar-refractivity contribution >= 4 is 23.2 Å². The first-order valence-corrected chi connectivity index (χ1v) is 8.21. The maximum Gasteiger partial charge on any atom is 0.259 e. The van der Waals surface area contributed by atoms with Crippen molar-refractivity contribution in [1.29, 1.82) is 0 Å². The highest BCUT2D eigenvalue weighted by molar-refractivity contribution is 6.07. The molecule has 0 aromatic heterocycles. The second kappa shape index (κ2) is 8.05. The van der Waals surface area contributed by atoms with Gasteiger partial charge in [-0.05, 0) is 60.7 Å². The molecule has 6 nitrogen and oxygen atoms in total. The number of anilines is 2. The number of hydrogen-bond donors (Lipinski definition) is 3. The fourth-order valence-electron chi connectivity index (χ4n) is 2.45. The molecule has 0 aliphatic carbocycles. The average molecular weight is 362 g/mol. The van der Waals surface area contributed by atoms with Gasteiger partial charge in [0, 0.05) is 16.9 Å². The van der Waals surface area contributed by atoms with Crippen molar-refractivity contribution in [2.45, 2.75) is 0 Å². The van der Waals surface area contributed by atoms with Crippen LogP contribution in [0.5, 0.6) is 11.5 Å². The highest BCUT2D eigenvalue weighted by Gasteiger charge is 2.11. The van der Waals surface area contributed by atoms with Gasteiger partial charge < -0.3 is 20.5 Å². The van der Waals surface area contributed by atoms with Crippen LogP contribution in [-0.2, 0) is 0 Å². The van der Waals surface area contributed by atoms with Gasteiger partial charge in [0.1, 0.15) is 11.5 Å². The summed E-state index contributed by atoms with van der Waals surface area (Å²) in [4.78, 5) is 24.5. The molecule has 0 aliphatic heterocycles. The van der Waals surface area contributed by atoms with Crippen LogP contribution in [0.25, 0.3) is 0 Å². The lowest BCUT2D eigenvalue weighted by atomic mass is 10.1. The summed E-state index contributed by atoms with van der Waals surface area (Å²) in [5.74, 6) is -0.0784. The zero-order valence-electron chi connectivity index (χ0n) is 14.6. The Balaban J connectivity index is 1.64. The van der Waals surface area contributed by atoms with Gasteiger partial charge in [-0.2, -0.15) is 0 Å². The van der Waals surface area contributed by atoms with Gasteiger partial charge in [0.2, 0.25) is 0 Å². The SMILES string of the molecule is COc1ccc(NC(=O)c2ccc(NC(=O)c3ccccc3O)cc2)cc1. The Bertz CT molecular complexity index is 951. The van der Waals surface area contributed by atoms with Crippen LogP contribution in [-0.4, -0.2) is 24.0 Å². The van der Waals surface area contributed by atoms with Gasteiger partial charge in [-0.1, -0.05) is 12.1 Å². The largest absolute Gasteiger partial charge is 0.507 e. The Labute approximate surface area is 156 Å². The summed E-state index contributed by atoms with van der Waals surface area (Å²) in [5, 5.41) is 15.2. The minimum atomic E-state index is -0.427. The van der Waals surface area contributed by atoms with Crippen LogP contribution in [0.15, 0.2) is 72.8 Å². The lowest BCUT2D eigenvalue weighted by molar-refractivity contribution is 0.101. The number of carbonyl (C=O) groups is 2. The van der Waals surface area contributed by atoms with E-state index in [9.17, 15) is 14.7 Å². The number of nitrogens with one attached hydrogen (secondary N) is 2. The van der Waals surface area contributed by atoms with Gasteiger partial charge in [0.05, 0.1) is 12.7 Å². The van der Waals surface area contributed by atoms with E-state index in [1.165, 1.54) is 12.1 Å². The van der Waals surface area contributed by atoms with Crippen LogP contribution in [0.1, 0.15) is 20.7 Å². The number of benzene rings is 3. The van der Waals surface area contributed by atoms with Gasteiger partial charge in [-0.25, -0.2) is 0 Å². The van der Waals surface area contributed by atoms with Crippen LogP contribution >= 0.6 is 0 Å². The maximum absolute atomic E-state index is 12.3. The molecule has 27 heavy (non-hydrogen) atoms. The van der Waals surface area contributed by atoms with Crippen LogP contribution in [0.3, 0.4) is 0 Å². The summed E-state index contributed by atoms with van der Waals surface area (Å²) in [5.41, 5.74) is 1.80. The predicted octanol–water partition coefficient (Wildman–Crippen LogP) is 3.91. The van der Waals surface area contributed by atoms with E-state index >= 15 is 0 Å². The molecule has 0 unspecified atom stereocenters. The minimum absolute atomic E-state index is 0.0921. The second-order valence-electron chi connectivity index (χ2n) is 5.73. The molecular formula is C21H18N2O4. The van der Waals surface area contributed by atoms with Gasteiger partial charge in [0.25, 0.3) is 11.8 Å². The zero-order valence-corrected chi connectivity index (χ0v) is 14.6. The van der Waals surface area contributed by atoms with Crippen molar-refractivity contribution in [3.8, 4) is 11.5 Å². The Hall–Kier alpha value is -3.80. The molecule has 0 heterocycles. The first-order valence-electron chi connectivity index (χ1n) is 8.21. The van der Waals surface area contributed by atoms with E-state index in [-0.39, 0.29) is 17.2 Å². The van der Waals surface area contributed by atoms with Crippen molar-refractivity contribution in [1.82, 2.24) is 0 Å². The molecule has 0 spiro atoms. The van der Waals surface area contributed by atoms with Gasteiger partial charge in [0.15, 0.2) is 0 Å². The van der Waals surface area contributed by atoms with E-state index in [1.807, 2.05) is 0 Å². The molecule has 0 atom stereocenters. The molecule has 3 rings (SSSR count). The van der Waals surface area contributed by atoms with E-state index in [0.29, 0.717) is 22.7 Å². The van der Waals surface area contributed by atoms with Crippen LogP contribution in [0.2, 0.25) is 0 Å². The lowest BCUT2D eigenvalue weighted by Crippen LogP contribution is -2.13. The quantitative estimate of drug-likeness (QED) is 0.642. The standard InChI is InChI=1S/C21H18N2O4/c1-27-17-12-10-16(11-13-17)22-20(25)14-6-8-15(9-7-14)23-21(26)18-4-2-3-5-19(18)24/h2-13,24H,1H3,(H,22,25)(H,23,26). The summed E-state index contributed by atoms with van der Waals surface area (Å²) in [7, 11) is 1.58. The summed E-state index contributed by atoms with van der Waals surface area (Å²) in [6.45, 7) is 0. The summed E-state index contributed by atoms with van der Waals surface area (Å²) >= 11 is 0. The molecule has 6 heteroatoms. The van der Waals surface area contributed by atoms with Crippen LogP contribution in [0.4, 0.5) is 11.4 Å². The molecule has 0 fully saturated rings. The molecule has 0 bridgehead atoms. The molecule has 0 aliphatic rings. The number of phenolic OH excluding ortho intramolecular Hbond substituents is 1. The number of rotatable bonds is 5. The molecular weight excluding hydrogens is 344 g/mol. The smallest absolute Gasteiger partial charge is 0.259 e. The molecule has 3 aromatic carbocycles. The van der Waals surface area contributed by atoms with Crippen LogP contribution < -0.4 is 15.4 Å². The number of carbonyl (C=O) groups excluding carboxylic acids is 2. The third kappa shape index (κ3) is 4.43. The predicted molar refractivity (Wildman–Crippen MR) is 103 cm³/mol.